The average Bonchev–Trinajstić information content (AvgIpc) is 3.30. The Morgan fingerprint density at radius 1 is 1.07 bits per heavy atom. The predicted octanol–water partition coefficient (Wildman–Crippen LogP) is 3.00. The lowest BCUT2D eigenvalue weighted by Crippen LogP contribution is -2.32. The van der Waals surface area contributed by atoms with Gasteiger partial charge in [0, 0.05) is 44.0 Å². The summed E-state index contributed by atoms with van der Waals surface area (Å²) in [5.41, 5.74) is 3.30. The third-order valence-corrected chi connectivity index (χ3v) is 6.89. The number of nitrogens with zero attached hydrogens (tertiary/aromatic N) is 3. The summed E-state index contributed by atoms with van der Waals surface area (Å²) >= 11 is 0. The van der Waals surface area contributed by atoms with E-state index in [1.165, 1.54) is 6.33 Å². The summed E-state index contributed by atoms with van der Waals surface area (Å²) in [6, 6.07) is 18.2. The van der Waals surface area contributed by atoms with E-state index in [1.807, 2.05) is 43.3 Å². The van der Waals surface area contributed by atoms with Crippen LogP contribution < -0.4 is 5.32 Å². The monoisotopic (exact) mass is 396 g/mol. The quantitative estimate of drug-likeness (QED) is 0.720. The molecule has 2 aromatic carbocycles. The fraction of sp³-hybridized carbons (Fsp3) is 0.286. The smallest absolute Gasteiger partial charge is 0.262 e. The zero-order valence-electron chi connectivity index (χ0n) is 16.0. The van der Waals surface area contributed by atoms with Gasteiger partial charge < -0.3 is 9.88 Å². The van der Waals surface area contributed by atoms with Crippen LogP contribution in [0.25, 0.3) is 0 Å². The summed E-state index contributed by atoms with van der Waals surface area (Å²) in [6.07, 6.45) is 3.06. The van der Waals surface area contributed by atoms with Crippen LogP contribution in [0.5, 0.6) is 0 Å². The highest BCUT2D eigenvalue weighted by Gasteiger charge is 2.40. The highest BCUT2D eigenvalue weighted by Crippen LogP contribution is 2.33. The van der Waals surface area contributed by atoms with Crippen LogP contribution in [-0.2, 0) is 17.1 Å². The molecule has 1 N–H and O–H groups in total. The van der Waals surface area contributed by atoms with Gasteiger partial charge in [-0.3, -0.25) is 0 Å². The molecule has 0 radical (unpaired) electrons. The van der Waals surface area contributed by atoms with Crippen LogP contribution in [0, 0.1) is 6.92 Å². The number of benzene rings is 2. The molecule has 2 atom stereocenters. The normalized spacial score (nSPS) is 20.4. The van der Waals surface area contributed by atoms with Gasteiger partial charge in [-0.25, -0.2) is 13.4 Å². The molecule has 1 aliphatic heterocycles. The van der Waals surface area contributed by atoms with Crippen LogP contribution in [0.15, 0.2) is 72.1 Å². The topological polar surface area (TPSA) is 67.2 Å². The largest absolute Gasteiger partial charge is 0.380 e. The van der Waals surface area contributed by atoms with Crippen molar-refractivity contribution in [2.45, 2.75) is 23.9 Å². The third kappa shape index (κ3) is 3.68. The molecule has 4 rings (SSSR count). The van der Waals surface area contributed by atoms with Gasteiger partial charge in [-0.1, -0.05) is 42.5 Å². The first kappa shape index (κ1) is 18.7. The first-order valence-corrected chi connectivity index (χ1v) is 10.7. The Bertz CT molecular complexity index is 1060. The van der Waals surface area contributed by atoms with E-state index in [9.17, 15) is 8.42 Å². The molecule has 146 valence electrons. The highest BCUT2D eigenvalue weighted by molar-refractivity contribution is 7.89. The van der Waals surface area contributed by atoms with E-state index in [0.717, 1.165) is 16.8 Å². The molecule has 2 heterocycles. The van der Waals surface area contributed by atoms with Crippen molar-refractivity contribution in [3.63, 3.8) is 0 Å². The fourth-order valence-corrected chi connectivity index (χ4v) is 5.21. The van der Waals surface area contributed by atoms with Crippen molar-refractivity contribution in [3.05, 3.63) is 78.2 Å². The van der Waals surface area contributed by atoms with Crippen LogP contribution in [0.1, 0.15) is 17.0 Å². The number of rotatable bonds is 5. The van der Waals surface area contributed by atoms with Crippen molar-refractivity contribution in [2.75, 3.05) is 18.4 Å². The van der Waals surface area contributed by atoms with Crippen LogP contribution >= 0.6 is 0 Å². The van der Waals surface area contributed by atoms with Crippen molar-refractivity contribution in [1.82, 2.24) is 13.9 Å². The van der Waals surface area contributed by atoms with E-state index >= 15 is 0 Å². The summed E-state index contributed by atoms with van der Waals surface area (Å²) in [4.78, 5) is 4.06. The van der Waals surface area contributed by atoms with Crippen LogP contribution in [-0.4, -0.2) is 41.4 Å². The minimum absolute atomic E-state index is 0.0253. The van der Waals surface area contributed by atoms with Gasteiger partial charge in [0.2, 0.25) is 0 Å². The zero-order chi connectivity index (χ0) is 19.7. The molecular formula is C21H24N4O2S. The van der Waals surface area contributed by atoms with E-state index in [0.29, 0.717) is 13.1 Å². The van der Waals surface area contributed by atoms with E-state index < -0.39 is 10.0 Å². The van der Waals surface area contributed by atoms with Crippen molar-refractivity contribution >= 4 is 15.7 Å². The van der Waals surface area contributed by atoms with Crippen LogP contribution in [0.4, 0.5) is 5.69 Å². The number of hydrogen-bond acceptors (Lipinski definition) is 4. The molecule has 0 aliphatic carbocycles. The maximum absolute atomic E-state index is 13.1. The number of sulfonamides is 1. The second-order valence-corrected chi connectivity index (χ2v) is 9.22. The zero-order valence-corrected chi connectivity index (χ0v) is 16.8. The molecule has 1 saturated heterocycles. The second kappa shape index (κ2) is 7.41. The SMILES string of the molecule is Cc1cccc(NC2CN(S(=O)(=O)c3cn(C)cn3)CC2c2ccccc2)c1. The Morgan fingerprint density at radius 3 is 2.54 bits per heavy atom. The molecule has 0 amide bonds. The number of aryl methyl sites for hydroxylation is 2. The van der Waals surface area contributed by atoms with Gasteiger partial charge in [-0.2, -0.15) is 4.31 Å². The molecule has 0 bridgehead atoms. The molecule has 0 saturated carbocycles. The number of aromatic nitrogens is 2. The molecule has 1 fully saturated rings. The van der Waals surface area contributed by atoms with Gasteiger partial charge in [0.05, 0.1) is 6.33 Å². The molecule has 1 aromatic heterocycles. The summed E-state index contributed by atoms with van der Waals surface area (Å²) in [6.45, 7) is 2.87. The lowest BCUT2D eigenvalue weighted by atomic mass is 9.94. The van der Waals surface area contributed by atoms with Crippen molar-refractivity contribution < 1.29 is 8.42 Å². The summed E-state index contributed by atoms with van der Waals surface area (Å²) in [7, 11) is -1.86. The minimum Gasteiger partial charge on any atom is -0.380 e. The standard InChI is InChI=1S/C21H24N4O2S/c1-16-7-6-10-18(11-16)23-20-13-25(12-19(20)17-8-4-3-5-9-17)28(26,27)21-14-24(2)15-22-21/h3-11,14-15,19-20,23H,12-13H2,1-2H3. The Balaban J connectivity index is 1.65. The van der Waals surface area contributed by atoms with Gasteiger partial charge in [0.15, 0.2) is 5.03 Å². The second-order valence-electron chi connectivity index (χ2n) is 7.34. The number of imidazole rings is 1. The minimum atomic E-state index is -3.63. The number of anilines is 1. The molecule has 3 aromatic rings. The maximum Gasteiger partial charge on any atom is 0.262 e. The third-order valence-electron chi connectivity index (χ3n) is 5.17. The average molecular weight is 397 g/mol. The first-order valence-electron chi connectivity index (χ1n) is 9.30. The molecule has 28 heavy (non-hydrogen) atoms. The van der Waals surface area contributed by atoms with Gasteiger partial charge in [0.25, 0.3) is 10.0 Å². The molecule has 6 nitrogen and oxygen atoms in total. The lowest BCUT2D eigenvalue weighted by Gasteiger charge is -2.21. The van der Waals surface area contributed by atoms with Gasteiger partial charge in [-0.05, 0) is 30.2 Å². The van der Waals surface area contributed by atoms with E-state index in [1.54, 1.807) is 22.1 Å². The Kier molecular flexibility index (Phi) is 4.95. The Hall–Kier alpha value is -2.64. The van der Waals surface area contributed by atoms with E-state index in [-0.39, 0.29) is 17.0 Å². The summed E-state index contributed by atoms with van der Waals surface area (Å²) in [5, 5.41) is 3.65. The summed E-state index contributed by atoms with van der Waals surface area (Å²) < 4.78 is 29.4. The van der Waals surface area contributed by atoms with Gasteiger partial charge in [-0.15, -0.1) is 0 Å². The van der Waals surface area contributed by atoms with Crippen molar-refractivity contribution in [2.24, 2.45) is 7.05 Å². The maximum atomic E-state index is 13.1. The fourth-order valence-electron chi connectivity index (χ4n) is 3.75. The molecule has 1 aliphatic rings. The first-order chi connectivity index (χ1) is 13.4. The lowest BCUT2D eigenvalue weighted by molar-refractivity contribution is 0.468. The van der Waals surface area contributed by atoms with Crippen molar-refractivity contribution in [1.29, 1.82) is 0 Å². The van der Waals surface area contributed by atoms with Crippen molar-refractivity contribution in [3.8, 4) is 0 Å². The van der Waals surface area contributed by atoms with Gasteiger partial charge >= 0.3 is 0 Å². The van der Waals surface area contributed by atoms with Crippen LogP contribution in [0.3, 0.4) is 0 Å². The predicted molar refractivity (Wildman–Crippen MR) is 110 cm³/mol. The molecule has 0 spiro atoms. The number of hydrogen-bond donors (Lipinski definition) is 1. The molecule has 2 unspecified atom stereocenters. The number of nitrogens with one attached hydrogen (secondary N) is 1. The Morgan fingerprint density at radius 2 is 1.86 bits per heavy atom. The van der Waals surface area contributed by atoms with Gasteiger partial charge in [0.1, 0.15) is 0 Å². The summed E-state index contributed by atoms with van der Waals surface area (Å²) in [5.74, 6) is 0.0557. The highest BCUT2D eigenvalue weighted by atomic mass is 32.2. The van der Waals surface area contributed by atoms with Crippen LogP contribution in [0.2, 0.25) is 0 Å². The van der Waals surface area contributed by atoms with E-state index in [4.69, 9.17) is 0 Å². The molecule has 7 heteroatoms. The molecular weight excluding hydrogens is 372 g/mol. The van der Waals surface area contributed by atoms with E-state index in [2.05, 4.69) is 28.5 Å². The Labute approximate surface area is 165 Å².